The van der Waals surface area contributed by atoms with E-state index >= 15 is 0 Å². The van der Waals surface area contributed by atoms with E-state index in [4.69, 9.17) is 10.5 Å². The highest BCUT2D eigenvalue weighted by Crippen LogP contribution is 2.22. The van der Waals surface area contributed by atoms with Gasteiger partial charge >= 0.3 is 0 Å². The number of amides is 1. The van der Waals surface area contributed by atoms with Crippen molar-refractivity contribution in [2.75, 3.05) is 19.7 Å². The smallest absolute Gasteiger partial charge is 0.251 e. The Morgan fingerprint density at radius 1 is 1.44 bits per heavy atom. The van der Waals surface area contributed by atoms with Crippen molar-refractivity contribution in [2.45, 2.75) is 44.8 Å². The molecule has 4 heteroatoms. The summed E-state index contributed by atoms with van der Waals surface area (Å²) in [6.07, 6.45) is 3.95. The zero-order chi connectivity index (χ0) is 11.5. The van der Waals surface area contributed by atoms with E-state index in [0.29, 0.717) is 5.92 Å². The van der Waals surface area contributed by atoms with E-state index in [9.17, 15) is 4.79 Å². The Morgan fingerprint density at radius 3 is 2.88 bits per heavy atom. The lowest BCUT2D eigenvalue weighted by atomic mass is 9.92. The van der Waals surface area contributed by atoms with Crippen LogP contribution in [0.3, 0.4) is 0 Å². The summed E-state index contributed by atoms with van der Waals surface area (Å²) in [5, 5.41) is 0. The number of rotatable bonds is 2. The molecule has 0 aromatic heterocycles. The molecule has 2 heterocycles. The summed E-state index contributed by atoms with van der Waals surface area (Å²) >= 11 is 0. The molecule has 2 fully saturated rings. The molecule has 16 heavy (non-hydrogen) atoms. The molecule has 3 atom stereocenters. The third kappa shape index (κ3) is 2.55. The molecule has 0 unspecified atom stereocenters. The number of carbonyl (C=O) groups is 1. The maximum atomic E-state index is 12.1. The van der Waals surface area contributed by atoms with Crippen LogP contribution >= 0.6 is 0 Å². The third-order valence-corrected chi connectivity index (χ3v) is 3.72. The van der Waals surface area contributed by atoms with Crippen molar-refractivity contribution in [1.29, 1.82) is 0 Å². The van der Waals surface area contributed by atoms with Crippen LogP contribution in [0.1, 0.15) is 32.6 Å². The van der Waals surface area contributed by atoms with Gasteiger partial charge in [-0.1, -0.05) is 0 Å². The third-order valence-electron chi connectivity index (χ3n) is 3.72. The van der Waals surface area contributed by atoms with Crippen molar-refractivity contribution in [3.63, 3.8) is 0 Å². The van der Waals surface area contributed by atoms with E-state index in [1.54, 1.807) is 0 Å². The van der Waals surface area contributed by atoms with Crippen LogP contribution in [-0.4, -0.2) is 42.6 Å². The molecule has 0 aliphatic carbocycles. The zero-order valence-corrected chi connectivity index (χ0v) is 10.0. The Morgan fingerprint density at radius 2 is 2.25 bits per heavy atom. The van der Waals surface area contributed by atoms with E-state index < -0.39 is 0 Å². The van der Waals surface area contributed by atoms with Gasteiger partial charge in [0.25, 0.3) is 5.91 Å². The van der Waals surface area contributed by atoms with Crippen LogP contribution in [0.5, 0.6) is 0 Å². The Kier molecular flexibility index (Phi) is 3.82. The van der Waals surface area contributed by atoms with E-state index in [1.165, 1.54) is 0 Å². The van der Waals surface area contributed by atoms with Gasteiger partial charge in [0, 0.05) is 25.7 Å². The fourth-order valence-corrected chi connectivity index (χ4v) is 2.62. The highest BCUT2D eigenvalue weighted by Gasteiger charge is 2.32. The average molecular weight is 226 g/mol. The molecule has 0 spiro atoms. The van der Waals surface area contributed by atoms with Crippen LogP contribution in [0.4, 0.5) is 0 Å². The monoisotopic (exact) mass is 226 g/mol. The molecule has 2 saturated heterocycles. The molecule has 0 saturated carbocycles. The van der Waals surface area contributed by atoms with E-state index in [-0.39, 0.29) is 18.1 Å². The number of ether oxygens (including phenoxy) is 1. The van der Waals surface area contributed by atoms with Crippen LogP contribution in [0.25, 0.3) is 0 Å². The van der Waals surface area contributed by atoms with Crippen LogP contribution in [0.2, 0.25) is 0 Å². The number of nitrogens with two attached hydrogens (primary N) is 1. The Labute approximate surface area is 97.1 Å². The van der Waals surface area contributed by atoms with E-state index in [1.807, 2.05) is 11.8 Å². The normalized spacial score (nSPS) is 32.8. The predicted molar refractivity (Wildman–Crippen MR) is 61.9 cm³/mol. The minimum atomic E-state index is -0.174. The first kappa shape index (κ1) is 11.9. The highest BCUT2D eigenvalue weighted by molar-refractivity contribution is 5.81. The van der Waals surface area contributed by atoms with Gasteiger partial charge in [0.2, 0.25) is 0 Å². The lowest BCUT2D eigenvalue weighted by Crippen LogP contribution is -2.48. The second-order valence-electron chi connectivity index (χ2n) is 5.05. The summed E-state index contributed by atoms with van der Waals surface area (Å²) in [4.78, 5) is 14.1. The summed E-state index contributed by atoms with van der Waals surface area (Å²) in [5.74, 6) is 0.641. The SMILES string of the molecule is C[C@H](N)[C@@H]1CCCN(C(=O)[C@H]2CCCO2)C1. The van der Waals surface area contributed by atoms with Crippen LogP contribution in [-0.2, 0) is 9.53 Å². The fraction of sp³-hybridized carbons (Fsp3) is 0.917. The number of nitrogens with zero attached hydrogens (tertiary/aromatic N) is 1. The standard InChI is InChI=1S/C12H22N2O2/c1-9(13)10-4-2-6-14(8-10)12(15)11-5-3-7-16-11/h9-11H,2-8,13H2,1H3/t9-,10+,11+/m0/s1. The number of carbonyl (C=O) groups excluding carboxylic acids is 1. The predicted octanol–water partition coefficient (Wildman–Crippen LogP) is 0.751. The highest BCUT2D eigenvalue weighted by atomic mass is 16.5. The molecule has 2 N–H and O–H groups in total. The molecule has 2 aliphatic heterocycles. The number of hydrogen-bond donors (Lipinski definition) is 1. The molecule has 92 valence electrons. The van der Waals surface area contributed by atoms with E-state index in [2.05, 4.69) is 0 Å². The maximum absolute atomic E-state index is 12.1. The molecule has 0 bridgehead atoms. The van der Waals surface area contributed by atoms with Gasteiger partial charge < -0.3 is 15.4 Å². The zero-order valence-electron chi connectivity index (χ0n) is 10.0. The Balaban J connectivity index is 1.90. The average Bonchev–Trinajstić information content (AvgIpc) is 2.81. The van der Waals surface area contributed by atoms with Crippen molar-refractivity contribution < 1.29 is 9.53 Å². The summed E-state index contributed by atoms with van der Waals surface area (Å²) in [6.45, 7) is 4.46. The first-order valence-electron chi connectivity index (χ1n) is 6.34. The Bertz CT molecular complexity index is 249. The second kappa shape index (κ2) is 5.15. The van der Waals surface area contributed by atoms with Gasteiger partial charge in [-0.05, 0) is 38.5 Å². The first-order chi connectivity index (χ1) is 7.68. The lowest BCUT2D eigenvalue weighted by Gasteiger charge is -2.35. The fourth-order valence-electron chi connectivity index (χ4n) is 2.62. The summed E-state index contributed by atoms with van der Waals surface area (Å²) in [6, 6.07) is 0.181. The van der Waals surface area contributed by atoms with Gasteiger partial charge in [-0.25, -0.2) is 0 Å². The molecule has 2 rings (SSSR count). The first-order valence-corrected chi connectivity index (χ1v) is 6.34. The molecule has 0 aromatic rings. The van der Waals surface area contributed by atoms with Gasteiger partial charge in [0.05, 0.1) is 0 Å². The molecule has 1 amide bonds. The summed E-state index contributed by atoms with van der Waals surface area (Å²) < 4.78 is 5.44. The Hall–Kier alpha value is -0.610. The molecule has 0 aromatic carbocycles. The molecular formula is C12H22N2O2. The van der Waals surface area contributed by atoms with Gasteiger partial charge in [0.1, 0.15) is 6.10 Å². The van der Waals surface area contributed by atoms with E-state index in [0.717, 1.165) is 45.4 Å². The van der Waals surface area contributed by atoms with Gasteiger partial charge in [-0.2, -0.15) is 0 Å². The molecule has 4 nitrogen and oxygen atoms in total. The van der Waals surface area contributed by atoms with Gasteiger partial charge in [0.15, 0.2) is 0 Å². The maximum Gasteiger partial charge on any atom is 0.251 e. The quantitative estimate of drug-likeness (QED) is 0.756. The van der Waals surface area contributed by atoms with Crippen LogP contribution < -0.4 is 5.73 Å². The van der Waals surface area contributed by atoms with Crippen molar-refractivity contribution in [2.24, 2.45) is 11.7 Å². The van der Waals surface area contributed by atoms with Crippen molar-refractivity contribution in [1.82, 2.24) is 4.90 Å². The van der Waals surface area contributed by atoms with Crippen molar-refractivity contribution in [3.05, 3.63) is 0 Å². The lowest BCUT2D eigenvalue weighted by molar-refractivity contribution is -0.142. The second-order valence-corrected chi connectivity index (χ2v) is 5.05. The molecule has 0 radical (unpaired) electrons. The topological polar surface area (TPSA) is 55.6 Å². The van der Waals surface area contributed by atoms with Crippen molar-refractivity contribution >= 4 is 5.91 Å². The molecule has 2 aliphatic rings. The van der Waals surface area contributed by atoms with Crippen molar-refractivity contribution in [3.8, 4) is 0 Å². The van der Waals surface area contributed by atoms with Gasteiger partial charge in [-0.3, -0.25) is 4.79 Å². The summed E-state index contributed by atoms with van der Waals surface area (Å²) in [7, 11) is 0. The van der Waals surface area contributed by atoms with Crippen LogP contribution in [0.15, 0.2) is 0 Å². The minimum absolute atomic E-state index is 0.174. The number of likely N-dealkylation sites (tertiary alicyclic amines) is 1. The largest absolute Gasteiger partial charge is 0.368 e. The number of hydrogen-bond acceptors (Lipinski definition) is 3. The number of piperidine rings is 1. The van der Waals surface area contributed by atoms with Gasteiger partial charge in [-0.15, -0.1) is 0 Å². The minimum Gasteiger partial charge on any atom is -0.368 e. The van der Waals surface area contributed by atoms with Crippen LogP contribution in [0, 0.1) is 5.92 Å². The molecular weight excluding hydrogens is 204 g/mol. The summed E-state index contributed by atoms with van der Waals surface area (Å²) in [5.41, 5.74) is 5.91.